The molecular weight excluding hydrogens is 274 g/mol. The molecule has 0 atom stereocenters. The van der Waals surface area contributed by atoms with Crippen molar-refractivity contribution >= 4 is 23.6 Å². The summed E-state index contributed by atoms with van der Waals surface area (Å²) in [6, 6.07) is 0. The highest BCUT2D eigenvalue weighted by atomic mass is 35.5. The first-order valence-electron chi connectivity index (χ1n) is 6.88. The molecule has 108 valence electrons. The van der Waals surface area contributed by atoms with E-state index in [-0.39, 0.29) is 11.2 Å². The van der Waals surface area contributed by atoms with Crippen LogP contribution < -0.4 is 0 Å². The van der Waals surface area contributed by atoms with Gasteiger partial charge in [0.1, 0.15) is 0 Å². The standard InChI is InChI=1S/C15H20ClN3O/c1-10(14(20)19(2)3)7-12-9-17-15(16)18-13(12)8-11-5-4-6-11/h7,9,11H,4-6,8H2,1-3H3/b10-7+. The summed E-state index contributed by atoms with van der Waals surface area (Å²) in [5, 5.41) is 0.271. The van der Waals surface area contributed by atoms with E-state index in [4.69, 9.17) is 11.6 Å². The van der Waals surface area contributed by atoms with E-state index in [0.29, 0.717) is 11.5 Å². The summed E-state index contributed by atoms with van der Waals surface area (Å²) in [7, 11) is 3.49. The smallest absolute Gasteiger partial charge is 0.248 e. The number of halogens is 1. The van der Waals surface area contributed by atoms with Gasteiger partial charge in [-0.05, 0) is 36.9 Å². The van der Waals surface area contributed by atoms with Crippen molar-refractivity contribution in [2.45, 2.75) is 32.6 Å². The fraction of sp³-hybridized carbons (Fsp3) is 0.533. The summed E-state index contributed by atoms with van der Waals surface area (Å²) < 4.78 is 0. The largest absolute Gasteiger partial charge is 0.345 e. The molecule has 0 aliphatic heterocycles. The van der Waals surface area contributed by atoms with Crippen molar-refractivity contribution in [1.29, 1.82) is 0 Å². The van der Waals surface area contributed by atoms with Crippen molar-refractivity contribution in [3.05, 3.63) is 28.3 Å². The molecule has 0 N–H and O–H groups in total. The highest BCUT2D eigenvalue weighted by molar-refractivity contribution is 6.28. The Morgan fingerprint density at radius 3 is 2.75 bits per heavy atom. The molecule has 0 aromatic carbocycles. The number of carbonyl (C=O) groups is 1. The maximum absolute atomic E-state index is 11.9. The molecule has 20 heavy (non-hydrogen) atoms. The van der Waals surface area contributed by atoms with Crippen LogP contribution in [0.1, 0.15) is 37.4 Å². The molecule has 1 heterocycles. The van der Waals surface area contributed by atoms with E-state index in [2.05, 4.69) is 9.97 Å². The predicted molar refractivity (Wildman–Crippen MR) is 80.4 cm³/mol. The van der Waals surface area contributed by atoms with E-state index in [1.54, 1.807) is 25.2 Å². The number of carbonyl (C=O) groups excluding carboxylic acids is 1. The number of likely N-dealkylation sites (N-methyl/N-ethyl adjacent to an activating group) is 1. The lowest BCUT2D eigenvalue weighted by Crippen LogP contribution is -2.22. The third-order valence-electron chi connectivity index (χ3n) is 3.69. The Bertz CT molecular complexity index is 536. The van der Waals surface area contributed by atoms with Gasteiger partial charge in [0.2, 0.25) is 11.2 Å². The predicted octanol–water partition coefficient (Wildman–Crippen LogP) is 2.96. The molecule has 1 saturated carbocycles. The molecule has 0 spiro atoms. The molecule has 0 saturated heterocycles. The first-order chi connectivity index (χ1) is 9.47. The molecule has 1 aliphatic carbocycles. The molecule has 0 unspecified atom stereocenters. The first-order valence-corrected chi connectivity index (χ1v) is 7.26. The number of aromatic nitrogens is 2. The van der Waals surface area contributed by atoms with E-state index < -0.39 is 0 Å². The molecule has 0 radical (unpaired) electrons. The molecule has 1 aromatic rings. The average Bonchev–Trinajstić information content (AvgIpc) is 2.35. The van der Waals surface area contributed by atoms with Crippen molar-refractivity contribution in [3.8, 4) is 0 Å². The highest BCUT2D eigenvalue weighted by Gasteiger charge is 2.20. The minimum Gasteiger partial charge on any atom is -0.345 e. The second-order valence-corrected chi connectivity index (χ2v) is 5.91. The lowest BCUT2D eigenvalue weighted by atomic mass is 9.81. The van der Waals surface area contributed by atoms with Gasteiger partial charge in [-0.1, -0.05) is 19.3 Å². The van der Waals surface area contributed by atoms with E-state index in [9.17, 15) is 4.79 Å². The normalized spacial score (nSPS) is 15.9. The van der Waals surface area contributed by atoms with Gasteiger partial charge in [0.25, 0.3) is 0 Å². The lowest BCUT2D eigenvalue weighted by molar-refractivity contribution is -0.124. The molecule has 1 fully saturated rings. The number of nitrogens with zero attached hydrogens (tertiary/aromatic N) is 3. The van der Waals surface area contributed by atoms with Crippen LogP contribution in [0.2, 0.25) is 5.28 Å². The molecule has 1 amide bonds. The Balaban J connectivity index is 2.25. The Morgan fingerprint density at radius 1 is 1.50 bits per heavy atom. The Kier molecular flexibility index (Phi) is 4.76. The van der Waals surface area contributed by atoms with Crippen LogP contribution in [-0.2, 0) is 11.2 Å². The van der Waals surface area contributed by atoms with E-state index in [1.807, 2.05) is 13.0 Å². The molecule has 4 nitrogen and oxygen atoms in total. The van der Waals surface area contributed by atoms with Crippen molar-refractivity contribution in [1.82, 2.24) is 14.9 Å². The van der Waals surface area contributed by atoms with E-state index >= 15 is 0 Å². The minimum atomic E-state index is -0.00505. The van der Waals surface area contributed by atoms with Crippen LogP contribution in [0.25, 0.3) is 6.08 Å². The maximum Gasteiger partial charge on any atom is 0.248 e. The van der Waals surface area contributed by atoms with Crippen LogP contribution in [0.5, 0.6) is 0 Å². The summed E-state index contributed by atoms with van der Waals surface area (Å²) >= 11 is 5.89. The van der Waals surface area contributed by atoms with Gasteiger partial charge in [-0.2, -0.15) is 0 Å². The van der Waals surface area contributed by atoms with Crippen LogP contribution >= 0.6 is 11.6 Å². The van der Waals surface area contributed by atoms with Gasteiger partial charge in [-0.15, -0.1) is 0 Å². The topological polar surface area (TPSA) is 46.1 Å². The van der Waals surface area contributed by atoms with Gasteiger partial charge >= 0.3 is 0 Å². The van der Waals surface area contributed by atoms with E-state index in [1.165, 1.54) is 19.3 Å². The van der Waals surface area contributed by atoms with Crippen molar-refractivity contribution in [2.24, 2.45) is 5.92 Å². The summed E-state index contributed by atoms with van der Waals surface area (Å²) in [5.41, 5.74) is 2.52. The molecule has 1 aliphatic rings. The second-order valence-electron chi connectivity index (χ2n) is 5.57. The third kappa shape index (κ3) is 3.57. The van der Waals surface area contributed by atoms with Gasteiger partial charge in [0.15, 0.2) is 0 Å². The van der Waals surface area contributed by atoms with Crippen LogP contribution in [0.15, 0.2) is 11.8 Å². The SMILES string of the molecule is C/C(=C\c1cnc(Cl)nc1CC1CCC1)C(=O)N(C)C. The molecule has 2 rings (SSSR count). The lowest BCUT2D eigenvalue weighted by Gasteiger charge is -2.25. The van der Waals surface area contributed by atoms with Crippen molar-refractivity contribution < 1.29 is 4.79 Å². The van der Waals surface area contributed by atoms with Gasteiger partial charge < -0.3 is 4.90 Å². The first kappa shape index (κ1) is 15.0. The number of hydrogen-bond acceptors (Lipinski definition) is 3. The zero-order valence-corrected chi connectivity index (χ0v) is 12.9. The molecule has 1 aromatic heterocycles. The van der Waals surface area contributed by atoms with Crippen LogP contribution in [-0.4, -0.2) is 34.9 Å². The van der Waals surface area contributed by atoms with Gasteiger partial charge in [0.05, 0.1) is 5.69 Å². The third-order valence-corrected chi connectivity index (χ3v) is 3.88. The highest BCUT2D eigenvalue weighted by Crippen LogP contribution is 2.30. The van der Waals surface area contributed by atoms with Crippen molar-refractivity contribution in [2.75, 3.05) is 14.1 Å². The van der Waals surface area contributed by atoms with Gasteiger partial charge in [0, 0.05) is 31.4 Å². The Hall–Kier alpha value is -1.42. The molecule has 5 heteroatoms. The Labute approximate surface area is 124 Å². The van der Waals surface area contributed by atoms with Crippen LogP contribution in [0.3, 0.4) is 0 Å². The monoisotopic (exact) mass is 293 g/mol. The summed E-state index contributed by atoms with van der Waals surface area (Å²) in [5.74, 6) is 0.688. The quantitative estimate of drug-likeness (QED) is 0.633. The van der Waals surface area contributed by atoms with Gasteiger partial charge in [-0.25, -0.2) is 9.97 Å². The average molecular weight is 294 g/mol. The minimum absolute atomic E-state index is 0.00505. The zero-order chi connectivity index (χ0) is 14.7. The Morgan fingerprint density at radius 2 is 2.20 bits per heavy atom. The summed E-state index contributed by atoms with van der Waals surface area (Å²) in [6.45, 7) is 1.81. The zero-order valence-electron chi connectivity index (χ0n) is 12.2. The maximum atomic E-state index is 11.9. The molecular formula is C15H20ClN3O. The fourth-order valence-corrected chi connectivity index (χ4v) is 2.46. The number of rotatable bonds is 4. The van der Waals surface area contributed by atoms with Gasteiger partial charge in [-0.3, -0.25) is 4.79 Å². The van der Waals surface area contributed by atoms with Crippen LogP contribution in [0.4, 0.5) is 0 Å². The number of amides is 1. The van der Waals surface area contributed by atoms with E-state index in [0.717, 1.165) is 17.7 Å². The van der Waals surface area contributed by atoms with Crippen molar-refractivity contribution in [3.63, 3.8) is 0 Å². The molecule has 0 bridgehead atoms. The summed E-state index contributed by atoms with van der Waals surface area (Å²) in [6.07, 6.45) is 8.27. The second kappa shape index (κ2) is 6.35. The summed E-state index contributed by atoms with van der Waals surface area (Å²) in [4.78, 5) is 21.8. The number of hydrogen-bond donors (Lipinski definition) is 0. The fourth-order valence-electron chi connectivity index (χ4n) is 2.30. The van der Waals surface area contributed by atoms with Crippen LogP contribution in [0, 0.1) is 5.92 Å².